The van der Waals surface area contributed by atoms with Crippen molar-refractivity contribution < 1.29 is 29.0 Å². The largest absolute Gasteiger partial charge is 0.493 e. The van der Waals surface area contributed by atoms with Crippen LogP contribution in [0.1, 0.15) is 31.2 Å². The van der Waals surface area contributed by atoms with Crippen molar-refractivity contribution in [2.24, 2.45) is 10.8 Å². The summed E-state index contributed by atoms with van der Waals surface area (Å²) in [5.41, 5.74) is 7.56. The molecule has 0 saturated heterocycles. The van der Waals surface area contributed by atoms with E-state index < -0.39 is 11.9 Å². The maximum atomic E-state index is 11.6. The standard InChI is InChI=1S/C17H26N4O6/c1-25-13-9-12(10-14(26-2)16(13)27-3)11-19-21(17(18)23)8-6-4-5-7-15(22)20-24/h9-11,24H,4-8H2,1-3H3,(H2,18,23)(H,20,22)/b19-11+. The van der Waals surface area contributed by atoms with Gasteiger partial charge in [0.05, 0.1) is 27.5 Å². The summed E-state index contributed by atoms with van der Waals surface area (Å²) in [7, 11) is 4.52. The smallest absolute Gasteiger partial charge is 0.335 e. The van der Waals surface area contributed by atoms with Gasteiger partial charge in [0.1, 0.15) is 0 Å². The van der Waals surface area contributed by atoms with Crippen LogP contribution in [0.15, 0.2) is 17.2 Å². The lowest BCUT2D eigenvalue weighted by atomic mass is 10.2. The van der Waals surface area contributed by atoms with Crippen LogP contribution in [-0.4, -0.2) is 56.2 Å². The van der Waals surface area contributed by atoms with Crippen LogP contribution >= 0.6 is 0 Å². The Kier molecular flexibility index (Phi) is 9.45. The SMILES string of the molecule is COc1cc(/C=N/N(CCCCCC(=O)NO)C(N)=O)cc(OC)c1OC. The van der Waals surface area contributed by atoms with Crippen molar-refractivity contribution in [2.45, 2.75) is 25.7 Å². The van der Waals surface area contributed by atoms with E-state index in [1.807, 2.05) is 0 Å². The fourth-order valence-corrected chi connectivity index (χ4v) is 2.32. The van der Waals surface area contributed by atoms with E-state index in [4.69, 9.17) is 25.2 Å². The number of urea groups is 1. The highest BCUT2D eigenvalue weighted by atomic mass is 16.5. The molecular weight excluding hydrogens is 356 g/mol. The third-order valence-corrected chi connectivity index (χ3v) is 3.69. The van der Waals surface area contributed by atoms with Gasteiger partial charge in [0, 0.05) is 18.5 Å². The van der Waals surface area contributed by atoms with Gasteiger partial charge in [-0.05, 0) is 25.0 Å². The zero-order chi connectivity index (χ0) is 20.2. The highest BCUT2D eigenvalue weighted by Crippen LogP contribution is 2.37. The van der Waals surface area contributed by atoms with E-state index in [9.17, 15) is 9.59 Å². The number of unbranched alkanes of at least 4 members (excludes halogenated alkanes) is 2. The van der Waals surface area contributed by atoms with Crippen LogP contribution in [0.3, 0.4) is 0 Å². The Morgan fingerprint density at radius 2 is 1.78 bits per heavy atom. The number of hydrazone groups is 1. The monoisotopic (exact) mass is 382 g/mol. The second-order valence-corrected chi connectivity index (χ2v) is 5.51. The minimum atomic E-state index is -0.688. The van der Waals surface area contributed by atoms with E-state index in [2.05, 4.69) is 5.10 Å². The van der Waals surface area contributed by atoms with E-state index in [0.717, 1.165) is 5.01 Å². The molecule has 1 rings (SSSR count). The van der Waals surface area contributed by atoms with Gasteiger partial charge < -0.3 is 19.9 Å². The van der Waals surface area contributed by atoms with Crippen LogP contribution in [0.5, 0.6) is 17.2 Å². The van der Waals surface area contributed by atoms with Gasteiger partial charge in [0.25, 0.3) is 0 Å². The predicted octanol–water partition coefficient (Wildman–Crippen LogP) is 1.49. The molecule has 0 radical (unpaired) electrons. The molecule has 0 aliphatic carbocycles. The van der Waals surface area contributed by atoms with E-state index in [1.165, 1.54) is 27.5 Å². The number of hydrogen-bond acceptors (Lipinski definition) is 7. The Labute approximate surface area is 157 Å². The summed E-state index contributed by atoms with van der Waals surface area (Å²) in [6.07, 6.45) is 3.54. The molecule has 0 aliphatic rings. The Hall–Kier alpha value is -3.01. The molecule has 0 aromatic heterocycles. The molecule has 4 N–H and O–H groups in total. The summed E-state index contributed by atoms with van der Waals surface area (Å²) < 4.78 is 15.8. The maximum Gasteiger partial charge on any atom is 0.335 e. The number of nitrogens with zero attached hydrogens (tertiary/aromatic N) is 2. The molecule has 0 saturated carbocycles. The lowest BCUT2D eigenvalue weighted by Gasteiger charge is -2.15. The van der Waals surface area contributed by atoms with Crippen molar-refractivity contribution in [1.29, 1.82) is 0 Å². The number of primary amides is 1. The topological polar surface area (TPSA) is 136 Å². The van der Waals surface area contributed by atoms with Gasteiger partial charge in [0.15, 0.2) is 11.5 Å². The van der Waals surface area contributed by atoms with Gasteiger partial charge in [-0.1, -0.05) is 6.42 Å². The molecule has 10 heteroatoms. The molecule has 0 fully saturated rings. The molecular formula is C17H26N4O6. The van der Waals surface area contributed by atoms with Crippen molar-refractivity contribution >= 4 is 18.2 Å². The molecule has 10 nitrogen and oxygen atoms in total. The molecule has 0 bridgehead atoms. The van der Waals surface area contributed by atoms with Crippen LogP contribution in [0, 0.1) is 0 Å². The summed E-state index contributed by atoms with van der Waals surface area (Å²) in [5.74, 6) is 0.940. The van der Waals surface area contributed by atoms with Crippen molar-refractivity contribution in [3.8, 4) is 17.2 Å². The van der Waals surface area contributed by atoms with Crippen LogP contribution in [0.25, 0.3) is 0 Å². The highest BCUT2D eigenvalue weighted by molar-refractivity contribution is 5.83. The zero-order valence-electron chi connectivity index (χ0n) is 15.7. The number of benzene rings is 1. The van der Waals surface area contributed by atoms with Gasteiger partial charge in [-0.25, -0.2) is 15.3 Å². The van der Waals surface area contributed by atoms with E-state index in [0.29, 0.717) is 48.6 Å². The van der Waals surface area contributed by atoms with Gasteiger partial charge in [0.2, 0.25) is 11.7 Å². The number of carbonyl (C=O) groups is 2. The number of amides is 3. The van der Waals surface area contributed by atoms with Gasteiger partial charge in [-0.3, -0.25) is 10.0 Å². The normalized spacial score (nSPS) is 10.5. The number of carbonyl (C=O) groups excluding carboxylic acids is 2. The Bertz CT molecular complexity index is 640. The van der Waals surface area contributed by atoms with Crippen molar-refractivity contribution in [2.75, 3.05) is 27.9 Å². The first-order valence-corrected chi connectivity index (χ1v) is 8.30. The molecule has 3 amide bonds. The minimum Gasteiger partial charge on any atom is -0.493 e. The molecule has 0 unspecified atom stereocenters. The average Bonchev–Trinajstić information content (AvgIpc) is 2.68. The highest BCUT2D eigenvalue weighted by Gasteiger charge is 2.13. The summed E-state index contributed by atoms with van der Waals surface area (Å²) in [6, 6.07) is 2.70. The second-order valence-electron chi connectivity index (χ2n) is 5.51. The first kappa shape index (κ1) is 22.0. The number of methoxy groups -OCH3 is 3. The first-order chi connectivity index (χ1) is 13.0. The summed E-state index contributed by atoms with van der Waals surface area (Å²) in [4.78, 5) is 22.5. The number of ether oxygens (including phenoxy) is 3. The molecule has 1 aromatic carbocycles. The van der Waals surface area contributed by atoms with E-state index in [1.54, 1.807) is 17.6 Å². The number of nitrogens with two attached hydrogens (primary N) is 1. The fraction of sp³-hybridized carbons (Fsp3) is 0.471. The summed E-state index contributed by atoms with van der Waals surface area (Å²) >= 11 is 0. The first-order valence-electron chi connectivity index (χ1n) is 8.30. The lowest BCUT2D eigenvalue weighted by molar-refractivity contribution is -0.129. The van der Waals surface area contributed by atoms with Crippen LogP contribution < -0.4 is 25.4 Å². The number of hydrogen-bond donors (Lipinski definition) is 3. The van der Waals surface area contributed by atoms with Crippen LogP contribution in [0.2, 0.25) is 0 Å². The van der Waals surface area contributed by atoms with Crippen molar-refractivity contribution in [3.05, 3.63) is 17.7 Å². The number of hydroxylamine groups is 1. The molecule has 0 heterocycles. The molecule has 150 valence electrons. The number of rotatable bonds is 11. The summed E-state index contributed by atoms with van der Waals surface area (Å²) in [6.45, 7) is 0.303. The zero-order valence-corrected chi connectivity index (χ0v) is 15.7. The average molecular weight is 382 g/mol. The predicted molar refractivity (Wildman–Crippen MR) is 98.4 cm³/mol. The molecule has 0 spiro atoms. The van der Waals surface area contributed by atoms with Crippen LogP contribution in [0.4, 0.5) is 4.79 Å². The Morgan fingerprint density at radius 3 is 2.26 bits per heavy atom. The Morgan fingerprint density at radius 1 is 1.15 bits per heavy atom. The minimum absolute atomic E-state index is 0.210. The lowest BCUT2D eigenvalue weighted by Crippen LogP contribution is -2.32. The summed E-state index contributed by atoms with van der Waals surface area (Å²) in [5, 5.41) is 13.7. The van der Waals surface area contributed by atoms with Crippen molar-refractivity contribution in [3.63, 3.8) is 0 Å². The molecule has 27 heavy (non-hydrogen) atoms. The van der Waals surface area contributed by atoms with Crippen LogP contribution in [-0.2, 0) is 4.79 Å². The van der Waals surface area contributed by atoms with Gasteiger partial charge in [-0.15, -0.1) is 0 Å². The van der Waals surface area contributed by atoms with Gasteiger partial charge >= 0.3 is 6.03 Å². The maximum absolute atomic E-state index is 11.6. The van der Waals surface area contributed by atoms with Crippen molar-refractivity contribution in [1.82, 2.24) is 10.5 Å². The molecule has 0 aliphatic heterocycles. The van der Waals surface area contributed by atoms with Gasteiger partial charge in [-0.2, -0.15) is 5.10 Å². The third kappa shape index (κ3) is 7.02. The Balaban J connectivity index is 2.75. The second kappa shape index (κ2) is 11.6. The molecule has 1 aromatic rings. The third-order valence-electron chi connectivity index (χ3n) is 3.69. The van der Waals surface area contributed by atoms with E-state index in [-0.39, 0.29) is 6.42 Å². The molecule has 0 atom stereocenters. The number of nitrogens with one attached hydrogen (secondary N) is 1. The fourth-order valence-electron chi connectivity index (χ4n) is 2.32. The van der Waals surface area contributed by atoms with E-state index >= 15 is 0 Å². The quantitative estimate of drug-likeness (QED) is 0.230.